The van der Waals surface area contributed by atoms with E-state index in [-0.39, 0.29) is 5.75 Å². The van der Waals surface area contributed by atoms with Gasteiger partial charge in [0.1, 0.15) is 0 Å². The first kappa shape index (κ1) is 14.9. The first-order chi connectivity index (χ1) is 9.45. The number of ether oxygens (including phenoxy) is 2. The van der Waals surface area contributed by atoms with E-state index >= 15 is 0 Å². The summed E-state index contributed by atoms with van der Waals surface area (Å²) in [7, 11) is 3.22. The Morgan fingerprint density at radius 3 is 2.70 bits per heavy atom. The van der Waals surface area contributed by atoms with Crippen molar-refractivity contribution in [3.8, 4) is 5.75 Å². The Balaban J connectivity index is 2.18. The minimum atomic E-state index is -0.805. The zero-order valence-corrected chi connectivity index (χ0v) is 11.9. The highest BCUT2D eigenvalue weighted by molar-refractivity contribution is 5.69. The standard InChI is InChI=1S/C14H21FN2O3/c1-17(9-14(18)3-5-20-6-4-14)12-8-13(19-2)10(15)7-11(12)16/h7-8,18H,3-6,9,16H2,1-2H3. The van der Waals surface area contributed by atoms with Crippen molar-refractivity contribution in [3.05, 3.63) is 17.9 Å². The maximum atomic E-state index is 13.5. The Morgan fingerprint density at radius 1 is 1.45 bits per heavy atom. The summed E-state index contributed by atoms with van der Waals surface area (Å²) in [4.78, 5) is 1.82. The van der Waals surface area contributed by atoms with Crippen LogP contribution in [-0.4, -0.2) is 44.6 Å². The van der Waals surface area contributed by atoms with Crippen LogP contribution in [0.25, 0.3) is 0 Å². The van der Waals surface area contributed by atoms with Crippen LogP contribution in [0.2, 0.25) is 0 Å². The summed E-state index contributed by atoms with van der Waals surface area (Å²) in [5.74, 6) is -0.355. The molecular formula is C14H21FN2O3. The fourth-order valence-corrected chi connectivity index (χ4v) is 2.48. The number of aliphatic hydroxyl groups is 1. The zero-order chi connectivity index (χ0) is 14.8. The molecule has 1 aliphatic rings. The molecule has 1 fully saturated rings. The van der Waals surface area contributed by atoms with Crippen LogP contribution in [0, 0.1) is 5.82 Å². The SMILES string of the molecule is COc1cc(N(C)CC2(O)CCOCC2)c(N)cc1F. The number of nitrogens with zero attached hydrogens (tertiary/aromatic N) is 1. The molecule has 1 aromatic carbocycles. The third-order valence-electron chi connectivity index (χ3n) is 3.67. The summed E-state index contributed by atoms with van der Waals surface area (Å²) in [6, 6.07) is 2.78. The summed E-state index contributed by atoms with van der Waals surface area (Å²) in [5.41, 5.74) is 6.01. The molecule has 2 rings (SSSR count). The summed E-state index contributed by atoms with van der Waals surface area (Å²) < 4.78 is 23.8. The number of benzene rings is 1. The van der Waals surface area contributed by atoms with E-state index in [2.05, 4.69) is 0 Å². The maximum Gasteiger partial charge on any atom is 0.167 e. The lowest BCUT2D eigenvalue weighted by Crippen LogP contribution is -2.45. The smallest absolute Gasteiger partial charge is 0.167 e. The van der Waals surface area contributed by atoms with Gasteiger partial charge in [0.25, 0.3) is 0 Å². The molecule has 112 valence electrons. The normalized spacial score (nSPS) is 17.8. The molecule has 1 saturated heterocycles. The zero-order valence-electron chi connectivity index (χ0n) is 11.9. The average molecular weight is 284 g/mol. The van der Waals surface area contributed by atoms with Gasteiger partial charge in [0.2, 0.25) is 0 Å². The highest BCUT2D eigenvalue weighted by atomic mass is 19.1. The summed E-state index contributed by atoms with van der Waals surface area (Å²) in [6.45, 7) is 1.51. The molecule has 1 aromatic rings. The van der Waals surface area contributed by atoms with Gasteiger partial charge >= 0.3 is 0 Å². The van der Waals surface area contributed by atoms with E-state index in [1.807, 2.05) is 11.9 Å². The molecule has 0 unspecified atom stereocenters. The molecule has 20 heavy (non-hydrogen) atoms. The minimum Gasteiger partial charge on any atom is -0.494 e. The first-order valence-electron chi connectivity index (χ1n) is 6.59. The summed E-state index contributed by atoms with van der Waals surface area (Å²) >= 11 is 0. The van der Waals surface area contributed by atoms with Crippen molar-refractivity contribution < 1.29 is 19.0 Å². The molecule has 0 bridgehead atoms. The van der Waals surface area contributed by atoms with Gasteiger partial charge < -0.3 is 25.2 Å². The third kappa shape index (κ3) is 3.13. The fourth-order valence-electron chi connectivity index (χ4n) is 2.48. The predicted molar refractivity (Wildman–Crippen MR) is 75.6 cm³/mol. The molecule has 0 aromatic heterocycles. The lowest BCUT2D eigenvalue weighted by molar-refractivity contribution is -0.0572. The number of anilines is 2. The quantitative estimate of drug-likeness (QED) is 0.818. The number of hydrogen-bond donors (Lipinski definition) is 2. The van der Waals surface area contributed by atoms with Crippen molar-refractivity contribution in [2.45, 2.75) is 18.4 Å². The highest BCUT2D eigenvalue weighted by Crippen LogP contribution is 2.32. The van der Waals surface area contributed by atoms with Crippen LogP contribution in [-0.2, 0) is 4.74 Å². The number of nitrogen functional groups attached to an aromatic ring is 1. The van der Waals surface area contributed by atoms with Crippen LogP contribution < -0.4 is 15.4 Å². The molecule has 1 heterocycles. The monoisotopic (exact) mass is 284 g/mol. The lowest BCUT2D eigenvalue weighted by Gasteiger charge is -2.36. The largest absolute Gasteiger partial charge is 0.494 e. The van der Waals surface area contributed by atoms with E-state index in [4.69, 9.17) is 15.2 Å². The topological polar surface area (TPSA) is 68.0 Å². The van der Waals surface area contributed by atoms with E-state index < -0.39 is 11.4 Å². The third-order valence-corrected chi connectivity index (χ3v) is 3.67. The molecule has 0 saturated carbocycles. The van der Waals surface area contributed by atoms with Gasteiger partial charge in [-0.15, -0.1) is 0 Å². The van der Waals surface area contributed by atoms with Crippen LogP contribution in [0.1, 0.15) is 12.8 Å². The second-order valence-electron chi connectivity index (χ2n) is 5.24. The lowest BCUT2D eigenvalue weighted by atomic mass is 9.93. The number of methoxy groups -OCH3 is 1. The van der Waals surface area contributed by atoms with E-state index in [1.54, 1.807) is 6.07 Å². The second-order valence-corrected chi connectivity index (χ2v) is 5.24. The van der Waals surface area contributed by atoms with Crippen molar-refractivity contribution in [1.82, 2.24) is 0 Å². The number of nitrogens with two attached hydrogens (primary N) is 1. The van der Waals surface area contributed by atoms with Gasteiger partial charge in [0, 0.05) is 51.8 Å². The number of halogens is 1. The highest BCUT2D eigenvalue weighted by Gasteiger charge is 2.31. The molecule has 0 spiro atoms. The van der Waals surface area contributed by atoms with Gasteiger partial charge in [-0.2, -0.15) is 0 Å². The van der Waals surface area contributed by atoms with Crippen molar-refractivity contribution in [3.63, 3.8) is 0 Å². The predicted octanol–water partition coefficient (Wildman–Crippen LogP) is 1.39. The Labute approximate surface area is 118 Å². The van der Waals surface area contributed by atoms with Crippen LogP contribution in [0.5, 0.6) is 5.75 Å². The van der Waals surface area contributed by atoms with E-state index in [1.165, 1.54) is 13.2 Å². The Hall–Kier alpha value is -1.53. The van der Waals surface area contributed by atoms with Gasteiger partial charge in [-0.05, 0) is 0 Å². The van der Waals surface area contributed by atoms with Crippen LogP contribution >= 0.6 is 0 Å². The summed E-state index contributed by atoms with van der Waals surface area (Å²) in [5, 5.41) is 10.5. The van der Waals surface area contributed by atoms with Gasteiger partial charge in [-0.3, -0.25) is 0 Å². The molecular weight excluding hydrogens is 263 g/mol. The van der Waals surface area contributed by atoms with Gasteiger partial charge in [-0.1, -0.05) is 0 Å². The maximum absolute atomic E-state index is 13.5. The van der Waals surface area contributed by atoms with Crippen molar-refractivity contribution in [2.24, 2.45) is 0 Å². The molecule has 0 radical (unpaired) electrons. The van der Waals surface area contributed by atoms with Gasteiger partial charge in [0.15, 0.2) is 11.6 Å². The molecule has 0 aliphatic carbocycles. The minimum absolute atomic E-state index is 0.139. The molecule has 1 aliphatic heterocycles. The summed E-state index contributed by atoms with van der Waals surface area (Å²) in [6.07, 6.45) is 1.16. The molecule has 5 nitrogen and oxygen atoms in total. The van der Waals surface area contributed by atoms with Crippen LogP contribution in [0.3, 0.4) is 0 Å². The number of hydrogen-bond acceptors (Lipinski definition) is 5. The van der Waals surface area contributed by atoms with E-state index in [0.29, 0.717) is 44.0 Å². The second kappa shape index (κ2) is 5.85. The molecule has 6 heteroatoms. The van der Waals surface area contributed by atoms with E-state index in [0.717, 1.165) is 0 Å². The number of likely N-dealkylation sites (N-methyl/N-ethyl adjacent to an activating group) is 1. The Morgan fingerprint density at radius 2 is 2.10 bits per heavy atom. The molecule has 3 N–H and O–H groups in total. The molecule has 0 atom stereocenters. The van der Waals surface area contributed by atoms with Gasteiger partial charge in [-0.25, -0.2) is 4.39 Å². The van der Waals surface area contributed by atoms with Gasteiger partial charge in [0.05, 0.1) is 24.1 Å². The van der Waals surface area contributed by atoms with Crippen LogP contribution in [0.15, 0.2) is 12.1 Å². The van der Waals surface area contributed by atoms with E-state index in [9.17, 15) is 9.50 Å². The first-order valence-corrected chi connectivity index (χ1v) is 6.59. The van der Waals surface area contributed by atoms with Crippen molar-refractivity contribution in [2.75, 3.05) is 44.5 Å². The van der Waals surface area contributed by atoms with Crippen LogP contribution in [0.4, 0.5) is 15.8 Å². The number of rotatable bonds is 4. The Bertz CT molecular complexity index is 476. The fraction of sp³-hybridized carbons (Fsp3) is 0.571. The van der Waals surface area contributed by atoms with Crippen molar-refractivity contribution in [1.29, 1.82) is 0 Å². The van der Waals surface area contributed by atoms with Crippen molar-refractivity contribution >= 4 is 11.4 Å². The average Bonchev–Trinajstić information content (AvgIpc) is 2.39. The molecule has 0 amide bonds. The Kier molecular flexibility index (Phi) is 4.35.